The predicted octanol–water partition coefficient (Wildman–Crippen LogP) is 2.67. The van der Waals surface area contributed by atoms with E-state index in [-0.39, 0.29) is 6.10 Å². The first-order valence-corrected chi connectivity index (χ1v) is 4.32. The Hall–Kier alpha value is -0.560. The van der Waals surface area contributed by atoms with E-state index in [0.29, 0.717) is 0 Å². The fourth-order valence-electron chi connectivity index (χ4n) is 0.742. The van der Waals surface area contributed by atoms with Gasteiger partial charge in [-0.3, -0.25) is 0 Å². The van der Waals surface area contributed by atoms with Crippen LogP contribution in [0, 0.1) is 0 Å². The first-order chi connectivity index (χ1) is 5.31. The van der Waals surface area contributed by atoms with Crippen molar-refractivity contribution in [2.24, 2.45) is 0 Å². The van der Waals surface area contributed by atoms with Crippen LogP contribution >= 0.6 is 0 Å². The molecule has 0 saturated carbocycles. The van der Waals surface area contributed by atoms with Gasteiger partial charge in [0.05, 0.1) is 6.10 Å². The molecule has 0 aromatic carbocycles. The molecule has 0 fully saturated rings. The van der Waals surface area contributed by atoms with Crippen LogP contribution < -0.4 is 0 Å². The van der Waals surface area contributed by atoms with E-state index >= 15 is 0 Å². The highest BCUT2D eigenvalue weighted by Crippen LogP contribution is 1.94. The van der Waals surface area contributed by atoms with Crippen LogP contribution in [0.3, 0.4) is 0 Å². The van der Waals surface area contributed by atoms with Gasteiger partial charge in [-0.2, -0.15) is 0 Å². The Morgan fingerprint density at radius 3 is 2.36 bits per heavy atom. The Morgan fingerprint density at radius 2 is 1.82 bits per heavy atom. The van der Waals surface area contributed by atoms with Crippen molar-refractivity contribution in [2.45, 2.75) is 39.2 Å². The summed E-state index contributed by atoms with van der Waals surface area (Å²) in [7, 11) is 0. The molecular formula is C10H18O. The van der Waals surface area contributed by atoms with Gasteiger partial charge in [0.15, 0.2) is 0 Å². The molecular weight excluding hydrogens is 136 g/mol. The van der Waals surface area contributed by atoms with Crippen LogP contribution in [0.1, 0.15) is 33.1 Å². The summed E-state index contributed by atoms with van der Waals surface area (Å²) in [6.07, 6.45) is 10.4. The molecule has 1 unspecified atom stereocenters. The third-order valence-corrected chi connectivity index (χ3v) is 1.36. The number of hydrogen-bond acceptors (Lipinski definition) is 1. The first-order valence-electron chi connectivity index (χ1n) is 4.32. The van der Waals surface area contributed by atoms with Crippen molar-refractivity contribution in [1.82, 2.24) is 0 Å². The molecule has 1 N–H and O–H groups in total. The van der Waals surface area contributed by atoms with Crippen LogP contribution in [0.5, 0.6) is 0 Å². The molecule has 1 heteroatoms. The number of hydrogen-bond donors (Lipinski definition) is 1. The zero-order chi connectivity index (χ0) is 8.53. The van der Waals surface area contributed by atoms with Gasteiger partial charge in [0.1, 0.15) is 0 Å². The van der Waals surface area contributed by atoms with Gasteiger partial charge in [-0.05, 0) is 12.8 Å². The Balaban J connectivity index is 3.50. The Morgan fingerprint density at radius 1 is 1.18 bits per heavy atom. The van der Waals surface area contributed by atoms with Gasteiger partial charge in [-0.15, -0.1) is 0 Å². The summed E-state index contributed by atoms with van der Waals surface area (Å²) in [5, 5.41) is 9.23. The zero-order valence-corrected chi connectivity index (χ0v) is 7.46. The maximum Gasteiger partial charge on any atom is 0.0902 e. The first kappa shape index (κ1) is 10.4. The second kappa shape index (κ2) is 7.55. The van der Waals surface area contributed by atoms with Crippen LogP contribution in [0.4, 0.5) is 0 Å². The summed E-state index contributed by atoms with van der Waals surface area (Å²) in [6, 6.07) is 0. The number of aliphatic hydroxyl groups excluding tert-OH is 1. The van der Waals surface area contributed by atoms with E-state index in [0.717, 1.165) is 19.3 Å². The molecule has 0 aliphatic heterocycles. The van der Waals surface area contributed by atoms with Crippen molar-refractivity contribution in [2.75, 3.05) is 0 Å². The molecule has 0 radical (unpaired) electrons. The van der Waals surface area contributed by atoms with Crippen molar-refractivity contribution >= 4 is 0 Å². The van der Waals surface area contributed by atoms with E-state index in [1.807, 2.05) is 24.3 Å². The van der Waals surface area contributed by atoms with Gasteiger partial charge in [-0.25, -0.2) is 0 Å². The van der Waals surface area contributed by atoms with E-state index in [4.69, 9.17) is 0 Å². The third-order valence-electron chi connectivity index (χ3n) is 1.36. The van der Waals surface area contributed by atoms with Crippen molar-refractivity contribution < 1.29 is 5.11 Å². The Bertz CT molecular complexity index is 125. The van der Waals surface area contributed by atoms with Gasteiger partial charge in [0, 0.05) is 0 Å². The molecule has 64 valence electrons. The predicted molar refractivity (Wildman–Crippen MR) is 49.5 cm³/mol. The average molecular weight is 154 g/mol. The summed E-state index contributed by atoms with van der Waals surface area (Å²) in [5.41, 5.74) is 0. The average Bonchev–Trinajstić information content (AvgIpc) is 2.01. The second-order valence-corrected chi connectivity index (χ2v) is 2.54. The molecule has 0 aromatic rings. The van der Waals surface area contributed by atoms with Crippen LogP contribution in [-0.4, -0.2) is 11.2 Å². The number of aliphatic hydroxyl groups is 1. The summed E-state index contributed by atoms with van der Waals surface area (Å²) in [5.74, 6) is 0. The van der Waals surface area contributed by atoms with Crippen molar-refractivity contribution in [3.05, 3.63) is 24.3 Å². The summed E-state index contributed by atoms with van der Waals surface area (Å²) < 4.78 is 0. The minimum absolute atomic E-state index is 0.388. The lowest BCUT2D eigenvalue weighted by atomic mass is 10.2. The Labute approximate surface area is 69.4 Å². The molecule has 0 spiro atoms. The minimum atomic E-state index is -0.388. The van der Waals surface area contributed by atoms with Crippen LogP contribution in [0.2, 0.25) is 0 Å². The molecule has 0 saturated heterocycles. The lowest BCUT2D eigenvalue weighted by Gasteiger charge is -1.95. The highest BCUT2D eigenvalue weighted by molar-refractivity contribution is 5.00. The highest BCUT2D eigenvalue weighted by atomic mass is 16.3. The monoisotopic (exact) mass is 154 g/mol. The molecule has 1 nitrogen and oxygen atoms in total. The molecule has 0 rings (SSSR count). The summed E-state index contributed by atoms with van der Waals surface area (Å²) in [4.78, 5) is 0. The highest BCUT2D eigenvalue weighted by Gasteiger charge is 1.87. The molecule has 1 atom stereocenters. The molecule has 0 bridgehead atoms. The lowest BCUT2D eigenvalue weighted by molar-refractivity contribution is 0.271. The molecule has 0 heterocycles. The lowest BCUT2D eigenvalue weighted by Crippen LogP contribution is -1.95. The standard InChI is InChI=1S/C10H18O/c1-3-5-7-9-10(11)8-6-4-2/h6-11H,3-5H2,1-2H3/b8-6?,9-7+. The molecule has 11 heavy (non-hydrogen) atoms. The maximum absolute atomic E-state index is 9.23. The van der Waals surface area contributed by atoms with Gasteiger partial charge in [0.25, 0.3) is 0 Å². The van der Waals surface area contributed by atoms with E-state index in [9.17, 15) is 5.11 Å². The van der Waals surface area contributed by atoms with Crippen molar-refractivity contribution in [3.8, 4) is 0 Å². The summed E-state index contributed by atoms with van der Waals surface area (Å²) in [6.45, 7) is 4.18. The van der Waals surface area contributed by atoms with Gasteiger partial charge < -0.3 is 5.11 Å². The van der Waals surface area contributed by atoms with Crippen molar-refractivity contribution in [1.29, 1.82) is 0 Å². The van der Waals surface area contributed by atoms with E-state index < -0.39 is 0 Å². The largest absolute Gasteiger partial charge is 0.385 e. The van der Waals surface area contributed by atoms with Gasteiger partial charge in [0.2, 0.25) is 0 Å². The minimum Gasteiger partial charge on any atom is -0.385 e. The van der Waals surface area contributed by atoms with Crippen LogP contribution in [-0.2, 0) is 0 Å². The van der Waals surface area contributed by atoms with Crippen LogP contribution in [0.25, 0.3) is 0 Å². The topological polar surface area (TPSA) is 20.2 Å². The maximum atomic E-state index is 9.23. The molecule has 0 aliphatic rings. The Kier molecular flexibility index (Phi) is 7.16. The fraction of sp³-hybridized carbons (Fsp3) is 0.600. The summed E-state index contributed by atoms with van der Waals surface area (Å²) >= 11 is 0. The number of rotatable bonds is 5. The van der Waals surface area contributed by atoms with Crippen LogP contribution in [0.15, 0.2) is 24.3 Å². The molecule has 0 aromatic heterocycles. The fourth-order valence-corrected chi connectivity index (χ4v) is 0.742. The second-order valence-electron chi connectivity index (χ2n) is 2.54. The smallest absolute Gasteiger partial charge is 0.0902 e. The van der Waals surface area contributed by atoms with Gasteiger partial charge >= 0.3 is 0 Å². The normalized spacial score (nSPS) is 14.8. The van der Waals surface area contributed by atoms with E-state index in [1.165, 1.54) is 0 Å². The number of unbranched alkanes of at least 4 members (excludes halogenated alkanes) is 1. The quantitative estimate of drug-likeness (QED) is 0.604. The zero-order valence-electron chi connectivity index (χ0n) is 7.46. The molecule has 0 amide bonds. The van der Waals surface area contributed by atoms with E-state index in [1.54, 1.807) is 0 Å². The van der Waals surface area contributed by atoms with E-state index in [2.05, 4.69) is 13.8 Å². The van der Waals surface area contributed by atoms with Crippen molar-refractivity contribution in [3.63, 3.8) is 0 Å². The number of allylic oxidation sites excluding steroid dienone is 2. The SMILES string of the molecule is CCC=CC(O)/C=C/CCC. The molecule has 0 aliphatic carbocycles. The third kappa shape index (κ3) is 7.34. The van der Waals surface area contributed by atoms with Gasteiger partial charge in [-0.1, -0.05) is 44.6 Å².